The van der Waals surface area contributed by atoms with Gasteiger partial charge in [0.05, 0.1) is 13.7 Å². The molecule has 6 heteroatoms. The maximum Gasteiger partial charge on any atom is 0.160 e. The average molecular weight is 394 g/mol. The van der Waals surface area contributed by atoms with Crippen molar-refractivity contribution in [3.05, 3.63) is 58.4 Å². The molecule has 0 unspecified atom stereocenters. The summed E-state index contributed by atoms with van der Waals surface area (Å²) in [5.41, 5.74) is 1.64. The second-order valence-electron chi connectivity index (χ2n) is 7.39. The topological polar surface area (TPSA) is 52.9 Å². The summed E-state index contributed by atoms with van der Waals surface area (Å²) in [5, 5.41) is 20.5. The van der Waals surface area contributed by atoms with Gasteiger partial charge in [0, 0.05) is 29.6 Å². The lowest BCUT2D eigenvalue weighted by molar-refractivity contribution is 0.0288. The summed E-state index contributed by atoms with van der Waals surface area (Å²) in [6.45, 7) is 2.32. The predicted octanol–water partition coefficient (Wildman–Crippen LogP) is 4.01. The van der Waals surface area contributed by atoms with Gasteiger partial charge in [0.1, 0.15) is 5.82 Å². The van der Waals surface area contributed by atoms with E-state index in [9.17, 15) is 14.6 Å². The van der Waals surface area contributed by atoms with Gasteiger partial charge in [-0.15, -0.1) is 0 Å². The van der Waals surface area contributed by atoms with E-state index in [4.69, 9.17) is 16.3 Å². The maximum atomic E-state index is 13.2. The molecule has 1 aliphatic rings. The zero-order valence-electron chi connectivity index (χ0n) is 15.4. The van der Waals surface area contributed by atoms with Crippen molar-refractivity contribution in [1.82, 2.24) is 4.90 Å². The third kappa shape index (κ3) is 4.72. The van der Waals surface area contributed by atoms with Gasteiger partial charge in [0.15, 0.2) is 11.5 Å². The molecular weight excluding hydrogens is 369 g/mol. The number of likely N-dealkylation sites (tertiary alicyclic amines) is 1. The second kappa shape index (κ2) is 8.46. The molecule has 0 spiro atoms. The van der Waals surface area contributed by atoms with E-state index in [1.807, 2.05) is 0 Å². The van der Waals surface area contributed by atoms with Crippen LogP contribution in [0.25, 0.3) is 0 Å². The van der Waals surface area contributed by atoms with E-state index < -0.39 is 0 Å². The van der Waals surface area contributed by atoms with Crippen LogP contribution in [0.1, 0.15) is 24.0 Å². The normalized spacial score (nSPS) is 20.6. The summed E-state index contributed by atoms with van der Waals surface area (Å²) in [4.78, 5) is 2.26. The Kier molecular flexibility index (Phi) is 6.25. The molecule has 1 aliphatic heterocycles. The van der Waals surface area contributed by atoms with E-state index in [0.29, 0.717) is 23.7 Å². The molecule has 27 heavy (non-hydrogen) atoms. The number of methoxy groups -OCH3 is 1. The lowest BCUT2D eigenvalue weighted by Gasteiger charge is -2.42. The maximum absolute atomic E-state index is 13.2. The number of benzene rings is 2. The summed E-state index contributed by atoms with van der Waals surface area (Å²) in [5.74, 6) is 0.162. The lowest BCUT2D eigenvalue weighted by Crippen LogP contribution is -2.46. The highest BCUT2D eigenvalue weighted by molar-refractivity contribution is 6.31. The van der Waals surface area contributed by atoms with Gasteiger partial charge in [-0.1, -0.05) is 23.7 Å². The number of aromatic hydroxyl groups is 1. The molecule has 1 heterocycles. The number of phenols is 1. The van der Waals surface area contributed by atoms with Crippen LogP contribution >= 0.6 is 11.6 Å². The van der Waals surface area contributed by atoms with E-state index in [1.54, 1.807) is 18.2 Å². The molecule has 0 saturated carbocycles. The van der Waals surface area contributed by atoms with Gasteiger partial charge in [0.2, 0.25) is 0 Å². The zero-order chi connectivity index (χ0) is 19.4. The number of ether oxygens (including phenoxy) is 1. The molecule has 0 radical (unpaired) electrons. The van der Waals surface area contributed by atoms with E-state index in [-0.39, 0.29) is 23.6 Å². The Labute approximate surface area is 164 Å². The largest absolute Gasteiger partial charge is 0.504 e. The van der Waals surface area contributed by atoms with Crippen LogP contribution in [0.4, 0.5) is 4.39 Å². The Morgan fingerprint density at radius 3 is 2.67 bits per heavy atom. The molecule has 1 fully saturated rings. The molecule has 2 N–H and O–H groups in total. The number of nitrogens with zero attached hydrogens (tertiary/aromatic N) is 1. The van der Waals surface area contributed by atoms with Crippen LogP contribution in [0.2, 0.25) is 5.02 Å². The van der Waals surface area contributed by atoms with Crippen molar-refractivity contribution in [2.24, 2.45) is 5.41 Å². The zero-order valence-corrected chi connectivity index (χ0v) is 16.2. The highest BCUT2D eigenvalue weighted by Gasteiger charge is 2.35. The summed E-state index contributed by atoms with van der Waals surface area (Å²) in [6.07, 6.45) is 2.59. The van der Waals surface area contributed by atoms with E-state index in [2.05, 4.69) is 4.90 Å². The molecule has 1 atom stereocenters. The van der Waals surface area contributed by atoms with Crippen molar-refractivity contribution in [3.63, 3.8) is 0 Å². The first-order valence-corrected chi connectivity index (χ1v) is 9.45. The Bertz CT molecular complexity index is 784. The van der Waals surface area contributed by atoms with Crippen molar-refractivity contribution in [1.29, 1.82) is 0 Å². The average Bonchev–Trinajstić information content (AvgIpc) is 2.66. The molecular formula is C21H25ClFNO3. The van der Waals surface area contributed by atoms with Crippen molar-refractivity contribution in [2.45, 2.75) is 25.8 Å². The molecule has 0 amide bonds. The summed E-state index contributed by atoms with van der Waals surface area (Å²) in [7, 11) is 1.51. The van der Waals surface area contributed by atoms with Gasteiger partial charge < -0.3 is 14.9 Å². The minimum Gasteiger partial charge on any atom is -0.504 e. The fourth-order valence-corrected chi connectivity index (χ4v) is 4.14. The van der Waals surface area contributed by atoms with Gasteiger partial charge >= 0.3 is 0 Å². The van der Waals surface area contributed by atoms with Gasteiger partial charge in [-0.25, -0.2) is 4.39 Å². The molecule has 2 aromatic carbocycles. The van der Waals surface area contributed by atoms with Gasteiger partial charge in [0.25, 0.3) is 0 Å². The molecule has 0 bridgehead atoms. The van der Waals surface area contributed by atoms with Crippen molar-refractivity contribution >= 4 is 11.6 Å². The fourth-order valence-electron chi connectivity index (χ4n) is 3.92. The van der Waals surface area contributed by atoms with Crippen LogP contribution in [-0.2, 0) is 13.0 Å². The third-order valence-corrected chi connectivity index (χ3v) is 5.66. The SMILES string of the molecule is COc1cc(CN2CCC[C@@](CO)(Cc3ccc(F)cc3)C2)c(Cl)cc1O. The van der Waals surface area contributed by atoms with Crippen molar-refractivity contribution in [2.75, 3.05) is 26.8 Å². The Morgan fingerprint density at radius 2 is 2.00 bits per heavy atom. The standard InChI is InChI=1S/C21H25ClFNO3/c1-27-20-9-16(18(22)10-19(20)26)12-24-8-2-7-21(13-24,14-25)11-15-3-5-17(23)6-4-15/h3-6,9-10,25-26H,2,7-8,11-14H2,1H3/t21-/m1/s1. The Morgan fingerprint density at radius 1 is 1.26 bits per heavy atom. The molecule has 3 rings (SSSR count). The van der Waals surface area contributed by atoms with E-state index in [1.165, 1.54) is 25.3 Å². The number of hydrogen-bond donors (Lipinski definition) is 2. The number of piperidine rings is 1. The first-order valence-electron chi connectivity index (χ1n) is 9.08. The van der Waals surface area contributed by atoms with Crippen LogP contribution in [0, 0.1) is 11.2 Å². The summed E-state index contributed by atoms with van der Waals surface area (Å²) >= 11 is 6.30. The summed E-state index contributed by atoms with van der Waals surface area (Å²) in [6, 6.07) is 9.75. The van der Waals surface area contributed by atoms with Crippen LogP contribution in [0.3, 0.4) is 0 Å². The molecule has 1 saturated heterocycles. The third-order valence-electron chi connectivity index (χ3n) is 5.31. The number of halogens is 2. The highest BCUT2D eigenvalue weighted by Crippen LogP contribution is 2.36. The molecule has 0 aliphatic carbocycles. The van der Waals surface area contributed by atoms with Crippen LogP contribution in [-0.4, -0.2) is 41.9 Å². The highest BCUT2D eigenvalue weighted by atomic mass is 35.5. The fraction of sp³-hybridized carbons (Fsp3) is 0.429. The van der Waals surface area contributed by atoms with Gasteiger partial charge in [-0.3, -0.25) is 4.90 Å². The Balaban J connectivity index is 1.75. The van der Waals surface area contributed by atoms with Crippen molar-refractivity contribution in [3.8, 4) is 11.5 Å². The van der Waals surface area contributed by atoms with E-state index >= 15 is 0 Å². The van der Waals surface area contributed by atoms with Crippen LogP contribution in [0.5, 0.6) is 11.5 Å². The lowest BCUT2D eigenvalue weighted by atomic mass is 9.75. The quantitative estimate of drug-likeness (QED) is 0.778. The monoisotopic (exact) mass is 393 g/mol. The molecule has 2 aromatic rings. The number of rotatable bonds is 6. The number of phenolic OH excluding ortho intramolecular Hbond substituents is 1. The second-order valence-corrected chi connectivity index (χ2v) is 7.80. The minimum atomic E-state index is -0.260. The number of aliphatic hydroxyl groups excluding tert-OH is 1. The Hall–Kier alpha value is -1.82. The minimum absolute atomic E-state index is 0.0194. The first-order chi connectivity index (χ1) is 12.9. The molecule has 146 valence electrons. The smallest absolute Gasteiger partial charge is 0.160 e. The van der Waals surface area contributed by atoms with Crippen LogP contribution in [0.15, 0.2) is 36.4 Å². The van der Waals surface area contributed by atoms with Gasteiger partial charge in [-0.05, 0) is 55.1 Å². The van der Waals surface area contributed by atoms with Crippen LogP contribution < -0.4 is 4.74 Å². The molecule has 0 aromatic heterocycles. The number of aliphatic hydroxyl groups is 1. The number of hydrogen-bond acceptors (Lipinski definition) is 4. The molecule has 4 nitrogen and oxygen atoms in total. The van der Waals surface area contributed by atoms with Gasteiger partial charge in [-0.2, -0.15) is 0 Å². The first kappa shape index (κ1) is 19.9. The van der Waals surface area contributed by atoms with Crippen molar-refractivity contribution < 1.29 is 19.3 Å². The van der Waals surface area contributed by atoms with E-state index in [0.717, 1.165) is 37.1 Å². The summed E-state index contributed by atoms with van der Waals surface area (Å²) < 4.78 is 18.4. The predicted molar refractivity (Wildman–Crippen MR) is 104 cm³/mol.